The molecular formula is C15H21NO4. The lowest BCUT2D eigenvalue weighted by atomic mass is 9.94. The molecule has 20 heavy (non-hydrogen) atoms. The van der Waals surface area contributed by atoms with Crippen LogP contribution < -0.4 is 15.2 Å². The highest BCUT2D eigenvalue weighted by Gasteiger charge is 2.19. The van der Waals surface area contributed by atoms with Gasteiger partial charge in [0.2, 0.25) is 6.79 Å². The van der Waals surface area contributed by atoms with Gasteiger partial charge in [0.05, 0.1) is 6.61 Å². The highest BCUT2D eigenvalue weighted by molar-refractivity contribution is 5.75. The van der Waals surface area contributed by atoms with Crippen LogP contribution in [0.2, 0.25) is 0 Å². The summed E-state index contributed by atoms with van der Waals surface area (Å²) in [7, 11) is 0. The molecule has 0 spiro atoms. The van der Waals surface area contributed by atoms with E-state index in [1.807, 2.05) is 18.2 Å². The number of rotatable bonds is 6. The Morgan fingerprint density at radius 1 is 1.40 bits per heavy atom. The van der Waals surface area contributed by atoms with Crippen molar-refractivity contribution in [3.63, 3.8) is 0 Å². The Kier molecular flexibility index (Phi) is 4.84. The van der Waals surface area contributed by atoms with Crippen LogP contribution in [0.3, 0.4) is 0 Å². The molecule has 5 heteroatoms. The standard InChI is InChI=1S/C15H21NO4/c1-3-18-15(17)12(16)7-10(2)6-11-4-5-13-14(8-11)20-9-19-13/h4-5,8,10,12H,3,6-7,9,16H2,1-2H3. The molecule has 1 heterocycles. The van der Waals surface area contributed by atoms with Gasteiger partial charge in [-0.05, 0) is 43.4 Å². The van der Waals surface area contributed by atoms with E-state index in [0.717, 1.165) is 23.5 Å². The summed E-state index contributed by atoms with van der Waals surface area (Å²) < 4.78 is 15.5. The van der Waals surface area contributed by atoms with E-state index in [1.54, 1.807) is 6.92 Å². The van der Waals surface area contributed by atoms with Gasteiger partial charge >= 0.3 is 5.97 Å². The number of ether oxygens (including phenoxy) is 3. The fourth-order valence-electron chi connectivity index (χ4n) is 2.33. The third kappa shape index (κ3) is 3.63. The van der Waals surface area contributed by atoms with E-state index in [4.69, 9.17) is 19.9 Å². The molecule has 110 valence electrons. The zero-order chi connectivity index (χ0) is 14.5. The number of carbonyl (C=O) groups excluding carboxylic acids is 1. The molecule has 1 aliphatic heterocycles. The van der Waals surface area contributed by atoms with Crippen LogP contribution in [-0.4, -0.2) is 25.4 Å². The van der Waals surface area contributed by atoms with Crippen molar-refractivity contribution < 1.29 is 19.0 Å². The molecule has 0 aliphatic carbocycles. The summed E-state index contributed by atoms with van der Waals surface area (Å²) >= 11 is 0. The van der Waals surface area contributed by atoms with Crippen LogP contribution in [0.4, 0.5) is 0 Å². The Bertz CT molecular complexity index is 475. The van der Waals surface area contributed by atoms with Gasteiger partial charge in [0, 0.05) is 0 Å². The van der Waals surface area contributed by atoms with E-state index >= 15 is 0 Å². The van der Waals surface area contributed by atoms with Gasteiger partial charge in [-0.25, -0.2) is 0 Å². The maximum atomic E-state index is 11.5. The summed E-state index contributed by atoms with van der Waals surface area (Å²) in [6.07, 6.45) is 1.44. The minimum atomic E-state index is -0.557. The van der Waals surface area contributed by atoms with Crippen molar-refractivity contribution in [1.82, 2.24) is 0 Å². The van der Waals surface area contributed by atoms with Crippen molar-refractivity contribution >= 4 is 5.97 Å². The molecular weight excluding hydrogens is 258 g/mol. The maximum Gasteiger partial charge on any atom is 0.322 e. The minimum Gasteiger partial charge on any atom is -0.465 e. The molecule has 2 rings (SSSR count). The second-order valence-corrected chi connectivity index (χ2v) is 5.09. The zero-order valence-corrected chi connectivity index (χ0v) is 11.9. The van der Waals surface area contributed by atoms with Gasteiger partial charge in [0.15, 0.2) is 11.5 Å². The van der Waals surface area contributed by atoms with Crippen molar-refractivity contribution in [2.45, 2.75) is 32.7 Å². The van der Waals surface area contributed by atoms with E-state index in [-0.39, 0.29) is 18.7 Å². The van der Waals surface area contributed by atoms with Gasteiger partial charge in [0.25, 0.3) is 0 Å². The molecule has 0 bridgehead atoms. The first-order chi connectivity index (χ1) is 9.60. The van der Waals surface area contributed by atoms with Crippen molar-refractivity contribution in [3.8, 4) is 11.5 Å². The molecule has 1 aliphatic rings. The summed E-state index contributed by atoms with van der Waals surface area (Å²) in [5.41, 5.74) is 6.98. The van der Waals surface area contributed by atoms with Crippen LogP contribution in [-0.2, 0) is 16.0 Å². The molecule has 0 amide bonds. The summed E-state index contributed by atoms with van der Waals surface area (Å²) in [5, 5.41) is 0. The van der Waals surface area contributed by atoms with Crippen LogP contribution in [0.15, 0.2) is 18.2 Å². The number of fused-ring (bicyclic) bond motifs is 1. The van der Waals surface area contributed by atoms with E-state index in [0.29, 0.717) is 13.0 Å². The summed E-state index contributed by atoms with van der Waals surface area (Å²) in [6, 6.07) is 5.35. The van der Waals surface area contributed by atoms with Gasteiger partial charge in [0.1, 0.15) is 6.04 Å². The summed E-state index contributed by atoms with van der Waals surface area (Å²) in [6.45, 7) is 4.50. The number of hydrogen-bond donors (Lipinski definition) is 1. The predicted octanol–water partition coefficient (Wildman–Crippen LogP) is 1.87. The van der Waals surface area contributed by atoms with E-state index in [9.17, 15) is 4.79 Å². The van der Waals surface area contributed by atoms with E-state index in [2.05, 4.69) is 6.92 Å². The lowest BCUT2D eigenvalue weighted by molar-refractivity contribution is -0.145. The third-order valence-electron chi connectivity index (χ3n) is 3.27. The third-order valence-corrected chi connectivity index (χ3v) is 3.27. The Hall–Kier alpha value is -1.75. The zero-order valence-electron chi connectivity index (χ0n) is 11.9. The molecule has 0 saturated carbocycles. The van der Waals surface area contributed by atoms with E-state index < -0.39 is 6.04 Å². The van der Waals surface area contributed by atoms with Crippen LogP contribution in [0, 0.1) is 5.92 Å². The molecule has 2 unspecified atom stereocenters. The van der Waals surface area contributed by atoms with Gasteiger partial charge in [-0.3, -0.25) is 4.79 Å². The van der Waals surface area contributed by atoms with Crippen LogP contribution in [0.1, 0.15) is 25.8 Å². The lowest BCUT2D eigenvalue weighted by Gasteiger charge is -2.16. The van der Waals surface area contributed by atoms with Crippen LogP contribution in [0.25, 0.3) is 0 Å². The highest BCUT2D eigenvalue weighted by Crippen LogP contribution is 2.33. The molecule has 0 fully saturated rings. The molecule has 0 radical (unpaired) electrons. The van der Waals surface area contributed by atoms with Crippen molar-refractivity contribution in [1.29, 1.82) is 0 Å². The number of nitrogens with two attached hydrogens (primary N) is 1. The Morgan fingerprint density at radius 2 is 2.15 bits per heavy atom. The number of benzene rings is 1. The van der Waals surface area contributed by atoms with E-state index in [1.165, 1.54) is 0 Å². The smallest absolute Gasteiger partial charge is 0.322 e. The van der Waals surface area contributed by atoms with Crippen molar-refractivity contribution in [2.75, 3.05) is 13.4 Å². The topological polar surface area (TPSA) is 70.8 Å². The monoisotopic (exact) mass is 279 g/mol. The second-order valence-electron chi connectivity index (χ2n) is 5.09. The molecule has 1 aromatic carbocycles. The molecule has 2 N–H and O–H groups in total. The summed E-state index contributed by atoms with van der Waals surface area (Å²) in [4.78, 5) is 11.5. The number of hydrogen-bond acceptors (Lipinski definition) is 5. The summed E-state index contributed by atoms with van der Waals surface area (Å²) in [5.74, 6) is 1.52. The average Bonchev–Trinajstić information content (AvgIpc) is 2.86. The van der Waals surface area contributed by atoms with Gasteiger partial charge < -0.3 is 19.9 Å². The Balaban J connectivity index is 1.88. The first kappa shape index (κ1) is 14.7. The quantitative estimate of drug-likeness (QED) is 0.805. The largest absolute Gasteiger partial charge is 0.465 e. The SMILES string of the molecule is CCOC(=O)C(N)CC(C)Cc1ccc2c(c1)OCO2. The van der Waals surface area contributed by atoms with Gasteiger partial charge in [-0.15, -0.1) is 0 Å². The van der Waals surface area contributed by atoms with Gasteiger partial charge in [-0.2, -0.15) is 0 Å². The Morgan fingerprint density at radius 3 is 2.90 bits per heavy atom. The van der Waals surface area contributed by atoms with Crippen molar-refractivity contribution in [3.05, 3.63) is 23.8 Å². The molecule has 0 aromatic heterocycles. The average molecular weight is 279 g/mol. The normalized spacial score (nSPS) is 15.8. The molecule has 5 nitrogen and oxygen atoms in total. The van der Waals surface area contributed by atoms with Gasteiger partial charge in [-0.1, -0.05) is 13.0 Å². The molecule has 2 atom stereocenters. The fraction of sp³-hybridized carbons (Fsp3) is 0.533. The molecule has 1 aromatic rings. The lowest BCUT2D eigenvalue weighted by Crippen LogP contribution is -2.34. The predicted molar refractivity (Wildman–Crippen MR) is 74.7 cm³/mol. The minimum absolute atomic E-state index is 0.280. The first-order valence-electron chi connectivity index (χ1n) is 6.91. The maximum absolute atomic E-state index is 11.5. The molecule has 0 saturated heterocycles. The van der Waals surface area contributed by atoms with Crippen LogP contribution >= 0.6 is 0 Å². The van der Waals surface area contributed by atoms with Crippen LogP contribution in [0.5, 0.6) is 11.5 Å². The Labute approximate surface area is 119 Å². The highest BCUT2D eigenvalue weighted by atomic mass is 16.7. The number of esters is 1. The second kappa shape index (κ2) is 6.61. The fourth-order valence-corrected chi connectivity index (χ4v) is 2.33. The van der Waals surface area contributed by atoms with Crippen molar-refractivity contribution in [2.24, 2.45) is 11.7 Å². The number of carbonyl (C=O) groups is 1. The first-order valence-corrected chi connectivity index (χ1v) is 6.91.